The molecule has 2 heterocycles. The molecule has 1 aliphatic rings. The van der Waals surface area contributed by atoms with Gasteiger partial charge in [-0.2, -0.15) is 0 Å². The smallest absolute Gasteiger partial charge is 0.209 e. The van der Waals surface area contributed by atoms with Crippen molar-refractivity contribution in [1.82, 2.24) is 10.2 Å². The quantitative estimate of drug-likeness (QED) is 0.789. The third-order valence-corrected chi connectivity index (χ3v) is 4.91. The van der Waals surface area contributed by atoms with Crippen molar-refractivity contribution in [3.8, 4) is 10.6 Å². The summed E-state index contributed by atoms with van der Waals surface area (Å²) in [7, 11) is 0. The summed E-state index contributed by atoms with van der Waals surface area (Å²) in [6.45, 7) is 1.32. The molecule has 0 spiro atoms. The lowest BCUT2D eigenvalue weighted by atomic mass is 9.98. The lowest BCUT2D eigenvalue weighted by Crippen LogP contribution is -2.33. The van der Waals surface area contributed by atoms with Gasteiger partial charge in [-0.15, -0.1) is 10.2 Å². The van der Waals surface area contributed by atoms with Gasteiger partial charge in [0.05, 0.1) is 12.6 Å². The summed E-state index contributed by atoms with van der Waals surface area (Å²) < 4.78 is 0. The molecule has 0 bridgehead atoms. The molecule has 110 valence electrons. The van der Waals surface area contributed by atoms with Gasteiger partial charge in [-0.1, -0.05) is 65.9 Å². The first-order chi connectivity index (χ1) is 10.8. The number of nitrogens with zero attached hydrogens (tertiary/aromatic N) is 3. The fourth-order valence-corrected chi connectivity index (χ4v) is 3.63. The van der Waals surface area contributed by atoms with Crippen LogP contribution in [0.4, 0.5) is 5.13 Å². The number of aromatic nitrogens is 2. The minimum Gasteiger partial charge on any atom is -0.387 e. The van der Waals surface area contributed by atoms with Crippen molar-refractivity contribution in [2.45, 2.75) is 12.6 Å². The van der Waals surface area contributed by atoms with Crippen LogP contribution >= 0.6 is 11.3 Å². The van der Waals surface area contributed by atoms with E-state index in [1.54, 1.807) is 11.3 Å². The van der Waals surface area contributed by atoms with Crippen molar-refractivity contribution in [1.29, 1.82) is 0 Å². The highest BCUT2D eigenvalue weighted by Gasteiger charge is 2.25. The van der Waals surface area contributed by atoms with Gasteiger partial charge in [0.25, 0.3) is 0 Å². The molecule has 0 saturated carbocycles. The van der Waals surface area contributed by atoms with Gasteiger partial charge in [-0.3, -0.25) is 0 Å². The second-order valence-electron chi connectivity index (χ2n) is 5.35. The number of hydrogen-bond donors (Lipinski definition) is 1. The van der Waals surface area contributed by atoms with Gasteiger partial charge >= 0.3 is 0 Å². The van der Waals surface area contributed by atoms with E-state index in [9.17, 15) is 5.11 Å². The van der Waals surface area contributed by atoms with Gasteiger partial charge in [0, 0.05) is 12.1 Å². The summed E-state index contributed by atoms with van der Waals surface area (Å²) in [5.41, 5.74) is 3.24. The molecule has 1 atom stereocenters. The molecule has 2 aromatic carbocycles. The first kappa shape index (κ1) is 13.4. The van der Waals surface area contributed by atoms with Gasteiger partial charge in [0.1, 0.15) is 5.01 Å². The number of fused-ring (bicyclic) bond motifs is 1. The molecule has 5 heteroatoms. The molecule has 0 amide bonds. The topological polar surface area (TPSA) is 49.2 Å². The van der Waals surface area contributed by atoms with E-state index in [0.29, 0.717) is 6.54 Å². The number of aliphatic hydroxyl groups excluding tert-OH is 1. The fourth-order valence-electron chi connectivity index (χ4n) is 2.77. The molecule has 1 aliphatic heterocycles. The van der Waals surface area contributed by atoms with E-state index in [4.69, 9.17) is 0 Å². The standard InChI is InChI=1S/C17H15N3OS/c21-15-11-20(10-13-8-4-5-9-14(13)15)17-19-18-16(22-17)12-6-2-1-3-7-12/h1-9,15,21H,10-11H2/t15-/m1/s1. The van der Waals surface area contributed by atoms with E-state index in [1.165, 1.54) is 0 Å². The van der Waals surface area contributed by atoms with Crippen LogP contribution in [0.2, 0.25) is 0 Å². The molecule has 1 N–H and O–H groups in total. The summed E-state index contributed by atoms with van der Waals surface area (Å²) in [5.74, 6) is 0. The second kappa shape index (κ2) is 5.51. The molecule has 3 aromatic rings. The predicted octanol–water partition coefficient (Wildman–Crippen LogP) is 3.26. The summed E-state index contributed by atoms with van der Waals surface area (Å²) in [5, 5.41) is 20.7. The van der Waals surface area contributed by atoms with Gasteiger partial charge in [-0.05, 0) is 11.1 Å². The highest BCUT2D eigenvalue weighted by atomic mass is 32.1. The Balaban J connectivity index is 1.63. The van der Waals surface area contributed by atoms with Gasteiger partial charge in [0.2, 0.25) is 5.13 Å². The van der Waals surface area contributed by atoms with Crippen LogP contribution in [0.25, 0.3) is 10.6 Å². The first-order valence-corrected chi connectivity index (χ1v) is 8.02. The summed E-state index contributed by atoms with van der Waals surface area (Å²) in [4.78, 5) is 2.09. The molecule has 4 nitrogen and oxygen atoms in total. The number of anilines is 1. The van der Waals surface area contributed by atoms with Crippen LogP contribution in [-0.2, 0) is 6.54 Å². The average Bonchev–Trinajstić information content (AvgIpc) is 3.06. The van der Waals surface area contributed by atoms with Gasteiger partial charge in [-0.25, -0.2) is 0 Å². The highest BCUT2D eigenvalue weighted by molar-refractivity contribution is 7.18. The third-order valence-electron chi connectivity index (χ3n) is 3.87. The van der Waals surface area contributed by atoms with Crippen molar-refractivity contribution in [3.63, 3.8) is 0 Å². The van der Waals surface area contributed by atoms with E-state index in [-0.39, 0.29) is 0 Å². The first-order valence-electron chi connectivity index (χ1n) is 7.21. The van der Waals surface area contributed by atoms with Gasteiger partial charge in [0.15, 0.2) is 0 Å². The lowest BCUT2D eigenvalue weighted by Gasteiger charge is -2.31. The molecule has 0 fully saturated rings. The van der Waals surface area contributed by atoms with Crippen LogP contribution in [0, 0.1) is 0 Å². The molecule has 0 aliphatic carbocycles. The molecule has 0 unspecified atom stereocenters. The van der Waals surface area contributed by atoms with E-state index >= 15 is 0 Å². The largest absolute Gasteiger partial charge is 0.387 e. The van der Waals surface area contributed by atoms with Gasteiger partial charge < -0.3 is 10.0 Å². The van der Waals surface area contributed by atoms with Crippen LogP contribution in [-0.4, -0.2) is 21.8 Å². The Hall–Kier alpha value is -2.24. The highest BCUT2D eigenvalue weighted by Crippen LogP contribution is 2.34. The fraction of sp³-hybridized carbons (Fsp3) is 0.176. The maximum atomic E-state index is 10.3. The van der Waals surface area contributed by atoms with Crippen molar-refractivity contribution in [3.05, 3.63) is 65.7 Å². The monoisotopic (exact) mass is 309 g/mol. The number of aliphatic hydroxyl groups is 1. The Morgan fingerprint density at radius 2 is 1.77 bits per heavy atom. The van der Waals surface area contributed by atoms with Crippen LogP contribution < -0.4 is 4.90 Å². The molecule has 0 saturated heterocycles. The van der Waals surface area contributed by atoms with Crippen molar-refractivity contribution >= 4 is 16.5 Å². The predicted molar refractivity (Wildman–Crippen MR) is 87.8 cm³/mol. The molecule has 0 radical (unpaired) electrons. The normalized spacial score (nSPS) is 17.3. The minimum absolute atomic E-state index is 0.478. The van der Waals surface area contributed by atoms with Crippen molar-refractivity contribution < 1.29 is 5.11 Å². The van der Waals surface area contributed by atoms with E-state index < -0.39 is 6.10 Å². The van der Waals surface area contributed by atoms with Crippen LogP contribution in [0.1, 0.15) is 17.2 Å². The molecule has 22 heavy (non-hydrogen) atoms. The van der Waals surface area contributed by atoms with Crippen molar-refractivity contribution in [2.24, 2.45) is 0 Å². The van der Waals surface area contributed by atoms with E-state index in [2.05, 4.69) is 21.2 Å². The third kappa shape index (κ3) is 2.38. The second-order valence-corrected chi connectivity index (χ2v) is 6.31. The minimum atomic E-state index is -0.478. The Morgan fingerprint density at radius 3 is 2.64 bits per heavy atom. The average molecular weight is 309 g/mol. The van der Waals surface area contributed by atoms with E-state index in [0.717, 1.165) is 33.4 Å². The van der Waals surface area contributed by atoms with Crippen LogP contribution in [0.5, 0.6) is 0 Å². The summed E-state index contributed by atoms with van der Waals surface area (Å²) in [6, 6.07) is 18.1. The zero-order chi connectivity index (χ0) is 14.9. The Labute approximate surface area is 132 Å². The lowest BCUT2D eigenvalue weighted by molar-refractivity contribution is 0.175. The number of benzene rings is 2. The molecule has 1 aromatic heterocycles. The Kier molecular flexibility index (Phi) is 3.36. The number of hydrogen-bond acceptors (Lipinski definition) is 5. The van der Waals surface area contributed by atoms with Crippen LogP contribution in [0.15, 0.2) is 54.6 Å². The zero-order valence-electron chi connectivity index (χ0n) is 11.9. The SMILES string of the molecule is O[C@@H]1CN(c2nnc(-c3ccccc3)s2)Cc2ccccc21. The summed E-state index contributed by atoms with van der Waals surface area (Å²) >= 11 is 1.56. The number of rotatable bonds is 2. The Morgan fingerprint density at radius 1 is 1.00 bits per heavy atom. The molecular formula is C17H15N3OS. The zero-order valence-corrected chi connectivity index (χ0v) is 12.7. The molecular weight excluding hydrogens is 294 g/mol. The molecule has 4 rings (SSSR count). The van der Waals surface area contributed by atoms with Crippen molar-refractivity contribution in [2.75, 3.05) is 11.4 Å². The Bertz CT molecular complexity index is 787. The van der Waals surface area contributed by atoms with E-state index in [1.807, 2.05) is 48.5 Å². The van der Waals surface area contributed by atoms with Crippen LogP contribution in [0.3, 0.4) is 0 Å². The number of β-amino-alcohol motifs (C(OH)–C–C–N with tert-alkyl or cyclic N) is 1. The summed E-state index contributed by atoms with van der Waals surface area (Å²) in [6.07, 6.45) is -0.478. The maximum absolute atomic E-state index is 10.3. The maximum Gasteiger partial charge on any atom is 0.209 e.